The smallest absolute Gasteiger partial charge is 0.225 e. The molecule has 3 aromatic carbocycles. The lowest BCUT2D eigenvalue weighted by atomic mass is 10.1. The molecule has 0 amide bonds. The second kappa shape index (κ2) is 8.24. The Kier molecular flexibility index (Phi) is 5.95. The van der Waals surface area contributed by atoms with Crippen molar-refractivity contribution in [2.75, 3.05) is 6.54 Å². The first kappa shape index (κ1) is 20.2. The van der Waals surface area contributed by atoms with Crippen molar-refractivity contribution in [3.63, 3.8) is 0 Å². The van der Waals surface area contributed by atoms with E-state index < -0.39 is 20.0 Å². The van der Waals surface area contributed by atoms with Gasteiger partial charge in [0.25, 0.3) is 0 Å². The highest BCUT2D eigenvalue weighted by Gasteiger charge is 2.18. The first-order chi connectivity index (χ1) is 13.3. The van der Waals surface area contributed by atoms with Gasteiger partial charge in [0.15, 0.2) is 0 Å². The fourth-order valence-electron chi connectivity index (χ4n) is 2.81. The minimum Gasteiger partial charge on any atom is -0.225 e. The Morgan fingerprint density at radius 1 is 0.750 bits per heavy atom. The van der Waals surface area contributed by atoms with Crippen LogP contribution in [0.25, 0.3) is 11.1 Å². The number of primary sulfonamides is 1. The number of hydrogen-bond donors (Lipinski definition) is 2. The highest BCUT2D eigenvalue weighted by molar-refractivity contribution is 7.89. The van der Waals surface area contributed by atoms with Crippen LogP contribution in [0.15, 0.2) is 88.7 Å². The molecule has 0 aliphatic rings. The molecule has 0 aromatic heterocycles. The van der Waals surface area contributed by atoms with Crippen LogP contribution in [0.1, 0.15) is 5.56 Å². The SMILES string of the molecule is NS(=O)(=O)c1ccc(CCNS(=O)(=O)c2ccccc2-c2ccccc2)cc1. The van der Waals surface area contributed by atoms with Gasteiger partial charge in [-0.1, -0.05) is 60.7 Å². The Morgan fingerprint density at radius 2 is 1.36 bits per heavy atom. The molecule has 0 fully saturated rings. The molecule has 0 heterocycles. The number of hydrogen-bond acceptors (Lipinski definition) is 4. The van der Waals surface area contributed by atoms with Gasteiger partial charge in [0.05, 0.1) is 9.79 Å². The van der Waals surface area contributed by atoms with Gasteiger partial charge < -0.3 is 0 Å². The van der Waals surface area contributed by atoms with Gasteiger partial charge in [-0.25, -0.2) is 26.7 Å². The first-order valence-corrected chi connectivity index (χ1v) is 11.6. The summed E-state index contributed by atoms with van der Waals surface area (Å²) in [5.74, 6) is 0. The van der Waals surface area contributed by atoms with Crippen molar-refractivity contribution < 1.29 is 16.8 Å². The van der Waals surface area contributed by atoms with Crippen molar-refractivity contribution in [1.82, 2.24) is 4.72 Å². The summed E-state index contributed by atoms with van der Waals surface area (Å²) in [5.41, 5.74) is 2.25. The summed E-state index contributed by atoms with van der Waals surface area (Å²) in [6.07, 6.45) is 0.414. The highest BCUT2D eigenvalue weighted by atomic mass is 32.2. The van der Waals surface area contributed by atoms with E-state index in [0.717, 1.165) is 11.1 Å². The van der Waals surface area contributed by atoms with Gasteiger partial charge in [0, 0.05) is 12.1 Å². The van der Waals surface area contributed by atoms with Crippen LogP contribution in [0.3, 0.4) is 0 Å². The molecule has 0 aliphatic heterocycles. The van der Waals surface area contributed by atoms with Crippen LogP contribution in [0.4, 0.5) is 0 Å². The predicted octanol–water partition coefficient (Wildman–Crippen LogP) is 2.52. The standard InChI is InChI=1S/C20H20N2O4S2/c21-27(23,24)18-12-10-16(11-13-18)14-15-22-28(25,26)20-9-5-4-8-19(20)17-6-2-1-3-7-17/h1-13,22H,14-15H2,(H2,21,23,24). The Morgan fingerprint density at radius 3 is 2.00 bits per heavy atom. The van der Waals surface area contributed by atoms with Crippen molar-refractivity contribution in [2.24, 2.45) is 5.14 Å². The van der Waals surface area contributed by atoms with Crippen LogP contribution >= 0.6 is 0 Å². The Balaban J connectivity index is 1.73. The van der Waals surface area contributed by atoms with Crippen LogP contribution in [0, 0.1) is 0 Å². The molecule has 3 N–H and O–H groups in total. The average Bonchev–Trinajstić information content (AvgIpc) is 2.68. The van der Waals surface area contributed by atoms with Gasteiger partial charge in [0.2, 0.25) is 20.0 Å². The zero-order chi connectivity index (χ0) is 20.2. The van der Waals surface area contributed by atoms with Crippen molar-refractivity contribution in [1.29, 1.82) is 0 Å². The molecule has 0 radical (unpaired) electrons. The number of sulfonamides is 2. The normalized spacial score (nSPS) is 12.0. The average molecular weight is 417 g/mol. The molecular weight excluding hydrogens is 396 g/mol. The van der Waals surface area contributed by atoms with Gasteiger partial charge in [-0.3, -0.25) is 0 Å². The number of nitrogens with two attached hydrogens (primary N) is 1. The maximum Gasteiger partial charge on any atom is 0.241 e. The monoisotopic (exact) mass is 416 g/mol. The van der Waals surface area contributed by atoms with Gasteiger partial charge >= 0.3 is 0 Å². The second-order valence-electron chi connectivity index (χ2n) is 6.20. The van der Waals surface area contributed by atoms with E-state index in [4.69, 9.17) is 5.14 Å². The van der Waals surface area contributed by atoms with E-state index in [9.17, 15) is 16.8 Å². The summed E-state index contributed by atoms with van der Waals surface area (Å²) in [7, 11) is -7.45. The summed E-state index contributed by atoms with van der Waals surface area (Å²) in [5, 5.41) is 5.07. The van der Waals surface area contributed by atoms with Crippen molar-refractivity contribution >= 4 is 20.0 Å². The summed E-state index contributed by atoms with van der Waals surface area (Å²) >= 11 is 0. The third kappa shape index (κ3) is 4.85. The third-order valence-electron chi connectivity index (χ3n) is 4.22. The van der Waals surface area contributed by atoms with Crippen LogP contribution in [-0.2, 0) is 26.5 Å². The van der Waals surface area contributed by atoms with E-state index >= 15 is 0 Å². The molecule has 0 aliphatic carbocycles. The van der Waals surface area contributed by atoms with E-state index in [1.54, 1.807) is 36.4 Å². The lowest BCUT2D eigenvalue weighted by molar-refractivity contribution is 0.582. The number of rotatable bonds is 7. The van der Waals surface area contributed by atoms with Crippen LogP contribution in [-0.4, -0.2) is 23.4 Å². The van der Waals surface area contributed by atoms with Gasteiger partial charge in [0.1, 0.15) is 0 Å². The maximum absolute atomic E-state index is 12.8. The summed E-state index contributed by atoms with van der Waals surface area (Å²) < 4.78 is 50.8. The Hall–Kier alpha value is -2.52. The largest absolute Gasteiger partial charge is 0.241 e. The highest BCUT2D eigenvalue weighted by Crippen LogP contribution is 2.26. The fraction of sp³-hybridized carbons (Fsp3) is 0.100. The maximum atomic E-state index is 12.8. The Labute approximate surface area is 165 Å². The minimum absolute atomic E-state index is 0.0219. The molecule has 6 nitrogen and oxygen atoms in total. The van der Waals surface area contributed by atoms with Crippen molar-refractivity contribution in [3.05, 3.63) is 84.4 Å². The van der Waals surface area contributed by atoms with E-state index in [0.29, 0.717) is 12.0 Å². The van der Waals surface area contributed by atoms with Gasteiger partial charge in [-0.2, -0.15) is 0 Å². The molecule has 0 bridgehead atoms. The van der Waals surface area contributed by atoms with Gasteiger partial charge in [-0.15, -0.1) is 0 Å². The second-order valence-corrected chi connectivity index (χ2v) is 9.50. The molecule has 0 saturated heterocycles. The summed E-state index contributed by atoms with van der Waals surface area (Å²) in [4.78, 5) is 0.236. The molecule has 0 unspecified atom stereocenters. The van der Waals surface area contributed by atoms with Crippen LogP contribution in [0.5, 0.6) is 0 Å². The molecular formula is C20H20N2O4S2. The minimum atomic E-state index is -3.74. The van der Waals surface area contributed by atoms with E-state index in [-0.39, 0.29) is 16.3 Å². The molecule has 0 spiro atoms. The molecule has 3 aromatic rings. The molecule has 0 atom stereocenters. The predicted molar refractivity (Wildman–Crippen MR) is 109 cm³/mol. The quantitative estimate of drug-likeness (QED) is 0.617. The fourth-order valence-corrected chi connectivity index (χ4v) is 4.59. The topological polar surface area (TPSA) is 106 Å². The number of benzene rings is 3. The van der Waals surface area contributed by atoms with Gasteiger partial charge in [-0.05, 0) is 35.7 Å². The third-order valence-corrected chi connectivity index (χ3v) is 6.67. The van der Waals surface area contributed by atoms with Crippen LogP contribution < -0.4 is 9.86 Å². The van der Waals surface area contributed by atoms with Crippen LogP contribution in [0.2, 0.25) is 0 Å². The van der Waals surface area contributed by atoms with E-state index in [2.05, 4.69) is 4.72 Å². The molecule has 3 rings (SSSR count). The Bertz CT molecular complexity index is 1160. The zero-order valence-corrected chi connectivity index (χ0v) is 16.6. The number of nitrogens with one attached hydrogen (secondary N) is 1. The van der Waals surface area contributed by atoms with E-state index in [1.165, 1.54) is 12.1 Å². The molecule has 8 heteroatoms. The van der Waals surface area contributed by atoms with Crippen molar-refractivity contribution in [3.8, 4) is 11.1 Å². The summed E-state index contributed by atoms with van der Waals surface area (Å²) in [6, 6.07) is 22.2. The molecule has 28 heavy (non-hydrogen) atoms. The molecule has 0 saturated carbocycles. The lowest BCUT2D eigenvalue weighted by Gasteiger charge is -2.12. The molecule has 146 valence electrons. The van der Waals surface area contributed by atoms with E-state index in [1.807, 2.05) is 30.3 Å². The lowest BCUT2D eigenvalue weighted by Crippen LogP contribution is -2.26. The van der Waals surface area contributed by atoms with Crippen molar-refractivity contribution in [2.45, 2.75) is 16.2 Å². The summed E-state index contributed by atoms with van der Waals surface area (Å²) in [6.45, 7) is 0.181. The zero-order valence-electron chi connectivity index (χ0n) is 14.9. The first-order valence-electron chi connectivity index (χ1n) is 8.53.